The number of pyridine rings is 1. The summed E-state index contributed by atoms with van der Waals surface area (Å²) >= 11 is 0. The number of guanidine groups is 1. The molecule has 1 saturated heterocycles. The Morgan fingerprint density at radius 2 is 2.07 bits per heavy atom. The van der Waals surface area contributed by atoms with E-state index in [9.17, 15) is 0 Å². The normalized spacial score (nSPS) is 16.8. The summed E-state index contributed by atoms with van der Waals surface area (Å²) in [5.41, 5.74) is 2.10. The van der Waals surface area contributed by atoms with Gasteiger partial charge in [-0.05, 0) is 31.5 Å². The Hall–Kier alpha value is -2.96. The number of nitrogens with one attached hydrogen (secondary N) is 2. The van der Waals surface area contributed by atoms with Gasteiger partial charge in [-0.25, -0.2) is 9.98 Å². The average Bonchev–Trinajstić information content (AvgIpc) is 3.20. The van der Waals surface area contributed by atoms with E-state index in [1.165, 1.54) is 0 Å². The van der Waals surface area contributed by atoms with Gasteiger partial charge in [0.2, 0.25) is 5.88 Å². The lowest BCUT2D eigenvalue weighted by Gasteiger charge is -2.22. The number of hydrogen-bond acceptors (Lipinski definition) is 5. The van der Waals surface area contributed by atoms with Crippen LogP contribution in [-0.2, 0) is 6.54 Å². The van der Waals surface area contributed by atoms with Gasteiger partial charge in [0.05, 0.1) is 26.5 Å². The van der Waals surface area contributed by atoms with Gasteiger partial charge in [-0.3, -0.25) is 0 Å². The fraction of sp³-hybridized carbons (Fsp3) is 0.429. The van der Waals surface area contributed by atoms with E-state index < -0.39 is 0 Å². The molecule has 0 aliphatic carbocycles. The van der Waals surface area contributed by atoms with Gasteiger partial charge in [0.1, 0.15) is 5.75 Å². The summed E-state index contributed by atoms with van der Waals surface area (Å²) in [5.74, 6) is 2.33. The molecule has 7 heteroatoms. The van der Waals surface area contributed by atoms with Gasteiger partial charge in [0, 0.05) is 37.4 Å². The number of hydrogen-bond donors (Lipinski definition) is 2. The predicted molar refractivity (Wildman–Crippen MR) is 112 cm³/mol. The summed E-state index contributed by atoms with van der Waals surface area (Å²) in [7, 11) is 3.34. The first-order valence-electron chi connectivity index (χ1n) is 9.65. The highest BCUT2D eigenvalue weighted by atomic mass is 16.5. The zero-order valence-electron chi connectivity index (χ0n) is 16.8. The number of para-hydroxylation sites is 2. The second-order valence-electron chi connectivity index (χ2n) is 6.61. The lowest BCUT2D eigenvalue weighted by Crippen LogP contribution is -2.44. The summed E-state index contributed by atoms with van der Waals surface area (Å²) in [6, 6.07) is 12.4. The highest BCUT2D eigenvalue weighted by molar-refractivity contribution is 5.80. The van der Waals surface area contributed by atoms with Crippen LogP contribution in [-0.4, -0.2) is 50.8 Å². The molecule has 0 saturated carbocycles. The molecular weight excluding hydrogens is 354 g/mol. The van der Waals surface area contributed by atoms with Crippen LogP contribution in [0.2, 0.25) is 0 Å². The van der Waals surface area contributed by atoms with Crippen LogP contribution in [0.5, 0.6) is 11.6 Å². The van der Waals surface area contributed by atoms with Crippen molar-refractivity contribution in [1.82, 2.24) is 15.6 Å². The van der Waals surface area contributed by atoms with Crippen molar-refractivity contribution in [1.29, 1.82) is 0 Å². The molecule has 7 nitrogen and oxygen atoms in total. The Morgan fingerprint density at radius 1 is 1.21 bits per heavy atom. The molecule has 2 heterocycles. The molecular formula is C21H29N5O2. The van der Waals surface area contributed by atoms with E-state index in [-0.39, 0.29) is 0 Å². The highest BCUT2D eigenvalue weighted by Crippen LogP contribution is 2.30. The van der Waals surface area contributed by atoms with E-state index in [2.05, 4.69) is 33.5 Å². The Kier molecular flexibility index (Phi) is 6.94. The summed E-state index contributed by atoms with van der Waals surface area (Å²) in [6.07, 6.45) is 2.76. The van der Waals surface area contributed by atoms with Crippen molar-refractivity contribution >= 4 is 11.6 Å². The summed E-state index contributed by atoms with van der Waals surface area (Å²) in [6.45, 7) is 5.26. The van der Waals surface area contributed by atoms with E-state index in [1.54, 1.807) is 20.4 Å². The average molecular weight is 383 g/mol. The minimum atomic E-state index is 0.318. The number of aliphatic imine (C=N–C) groups is 1. The molecule has 0 radical (unpaired) electrons. The lowest BCUT2D eigenvalue weighted by atomic mass is 10.2. The largest absolute Gasteiger partial charge is 0.495 e. The third-order valence-electron chi connectivity index (χ3n) is 4.75. The van der Waals surface area contributed by atoms with Crippen LogP contribution in [0.15, 0.2) is 47.6 Å². The molecule has 1 unspecified atom stereocenters. The molecule has 2 aromatic rings. The third-order valence-corrected chi connectivity index (χ3v) is 4.75. The summed E-state index contributed by atoms with van der Waals surface area (Å²) < 4.78 is 10.8. The molecule has 0 bridgehead atoms. The predicted octanol–water partition coefficient (Wildman–Crippen LogP) is 2.43. The van der Waals surface area contributed by atoms with Crippen molar-refractivity contribution in [3.63, 3.8) is 0 Å². The van der Waals surface area contributed by atoms with Gasteiger partial charge >= 0.3 is 0 Å². The Morgan fingerprint density at radius 3 is 2.86 bits per heavy atom. The third kappa shape index (κ3) is 4.85. The van der Waals surface area contributed by atoms with Gasteiger partial charge in [-0.15, -0.1) is 0 Å². The quantitative estimate of drug-likeness (QED) is 0.565. The first-order chi connectivity index (χ1) is 13.7. The van der Waals surface area contributed by atoms with Crippen molar-refractivity contribution in [3.8, 4) is 11.6 Å². The topological polar surface area (TPSA) is 71.0 Å². The molecule has 1 aromatic heterocycles. The molecule has 150 valence electrons. The van der Waals surface area contributed by atoms with E-state index in [0.717, 1.165) is 49.0 Å². The SMILES string of the molecule is CCNC(=NCc1cccnc1OC)NC1CCN(c2ccccc2OC)C1. The van der Waals surface area contributed by atoms with Crippen LogP contribution in [0.1, 0.15) is 18.9 Å². The van der Waals surface area contributed by atoms with Crippen LogP contribution in [0.4, 0.5) is 5.69 Å². The maximum absolute atomic E-state index is 5.51. The molecule has 2 N–H and O–H groups in total. The molecule has 1 atom stereocenters. The summed E-state index contributed by atoms with van der Waals surface area (Å²) in [5, 5.41) is 6.89. The van der Waals surface area contributed by atoms with Crippen LogP contribution < -0.4 is 25.0 Å². The fourth-order valence-corrected chi connectivity index (χ4v) is 3.39. The number of rotatable bonds is 7. The molecule has 1 aliphatic rings. The second-order valence-corrected chi connectivity index (χ2v) is 6.61. The number of benzene rings is 1. The van der Waals surface area contributed by atoms with Crippen molar-refractivity contribution in [2.45, 2.75) is 25.9 Å². The van der Waals surface area contributed by atoms with E-state index in [0.29, 0.717) is 18.5 Å². The van der Waals surface area contributed by atoms with Gasteiger partial charge in [0.15, 0.2) is 5.96 Å². The first-order valence-corrected chi connectivity index (χ1v) is 9.65. The second kappa shape index (κ2) is 9.82. The number of anilines is 1. The van der Waals surface area contributed by atoms with Gasteiger partial charge < -0.3 is 25.0 Å². The standard InChI is InChI=1S/C21H29N5O2/c1-4-22-21(24-14-16-8-7-12-23-20(16)28-3)25-17-11-13-26(15-17)18-9-5-6-10-19(18)27-2/h5-10,12,17H,4,11,13-15H2,1-3H3,(H2,22,24,25). The van der Waals surface area contributed by atoms with Crippen LogP contribution in [0.3, 0.4) is 0 Å². The van der Waals surface area contributed by atoms with Gasteiger partial charge in [0.25, 0.3) is 0 Å². The molecule has 28 heavy (non-hydrogen) atoms. The fourth-order valence-electron chi connectivity index (χ4n) is 3.39. The molecule has 1 fully saturated rings. The zero-order chi connectivity index (χ0) is 19.8. The minimum Gasteiger partial charge on any atom is -0.495 e. The molecule has 3 rings (SSSR count). The molecule has 1 aliphatic heterocycles. The summed E-state index contributed by atoms with van der Waals surface area (Å²) in [4.78, 5) is 11.3. The van der Waals surface area contributed by atoms with Gasteiger partial charge in [-0.1, -0.05) is 18.2 Å². The van der Waals surface area contributed by atoms with Crippen LogP contribution in [0.25, 0.3) is 0 Å². The van der Waals surface area contributed by atoms with Crippen LogP contribution in [0, 0.1) is 0 Å². The van der Waals surface area contributed by atoms with Crippen molar-refractivity contribution in [3.05, 3.63) is 48.2 Å². The minimum absolute atomic E-state index is 0.318. The Bertz CT molecular complexity index is 796. The Balaban J connectivity index is 1.64. The smallest absolute Gasteiger partial charge is 0.218 e. The number of ether oxygens (including phenoxy) is 2. The van der Waals surface area contributed by atoms with Gasteiger partial charge in [-0.2, -0.15) is 0 Å². The van der Waals surface area contributed by atoms with Crippen LogP contribution >= 0.6 is 0 Å². The maximum Gasteiger partial charge on any atom is 0.218 e. The van der Waals surface area contributed by atoms with Crippen molar-refractivity contribution < 1.29 is 9.47 Å². The lowest BCUT2D eigenvalue weighted by molar-refractivity contribution is 0.392. The van der Waals surface area contributed by atoms with E-state index >= 15 is 0 Å². The first kappa shape index (κ1) is 19.8. The molecule has 0 spiro atoms. The molecule has 0 amide bonds. The van der Waals surface area contributed by atoms with Crippen molar-refractivity contribution in [2.24, 2.45) is 4.99 Å². The Labute approximate surface area is 166 Å². The number of nitrogens with zero attached hydrogens (tertiary/aromatic N) is 3. The van der Waals surface area contributed by atoms with E-state index in [1.807, 2.05) is 30.3 Å². The monoisotopic (exact) mass is 383 g/mol. The highest BCUT2D eigenvalue weighted by Gasteiger charge is 2.25. The zero-order valence-corrected chi connectivity index (χ0v) is 16.8. The maximum atomic E-state index is 5.51. The molecule has 1 aromatic carbocycles. The number of methoxy groups -OCH3 is 2. The van der Waals surface area contributed by atoms with Crippen molar-refractivity contribution in [2.75, 3.05) is 38.8 Å². The van der Waals surface area contributed by atoms with E-state index in [4.69, 9.17) is 14.5 Å². The number of aromatic nitrogens is 1.